The van der Waals surface area contributed by atoms with Gasteiger partial charge in [-0.2, -0.15) is 0 Å². The van der Waals surface area contributed by atoms with E-state index in [4.69, 9.17) is 4.74 Å². The maximum Gasteiger partial charge on any atom is 0.140 e. The number of aromatic nitrogens is 2. The molecule has 3 rings (SSSR count). The predicted molar refractivity (Wildman–Crippen MR) is 71.0 cm³/mol. The van der Waals surface area contributed by atoms with E-state index in [2.05, 4.69) is 9.88 Å². The van der Waals surface area contributed by atoms with E-state index in [0.29, 0.717) is 0 Å². The lowest BCUT2D eigenvalue weighted by Gasteiger charge is -2.14. The summed E-state index contributed by atoms with van der Waals surface area (Å²) in [6.45, 7) is 4.47. The molecule has 0 atom stereocenters. The van der Waals surface area contributed by atoms with Crippen LogP contribution in [-0.2, 0) is 0 Å². The second-order valence-electron chi connectivity index (χ2n) is 4.81. The second kappa shape index (κ2) is 5.40. The predicted octanol–water partition coefficient (Wildman–Crippen LogP) is 2.20. The molecule has 2 aromatic rings. The van der Waals surface area contributed by atoms with Gasteiger partial charge in [0.2, 0.25) is 0 Å². The molecule has 1 aliphatic heterocycles. The summed E-state index contributed by atoms with van der Waals surface area (Å²) in [5, 5.41) is 0. The Morgan fingerprint density at radius 1 is 1.22 bits per heavy atom. The number of hydrogen-bond donors (Lipinski definition) is 0. The summed E-state index contributed by atoms with van der Waals surface area (Å²) in [7, 11) is 0. The zero-order valence-corrected chi connectivity index (χ0v) is 10.6. The number of ether oxygens (including phenoxy) is 1. The van der Waals surface area contributed by atoms with Crippen molar-refractivity contribution < 1.29 is 4.74 Å². The molecule has 3 heterocycles. The molecule has 0 saturated carbocycles. The van der Waals surface area contributed by atoms with Crippen molar-refractivity contribution in [3.05, 3.63) is 30.7 Å². The first-order valence-corrected chi connectivity index (χ1v) is 6.70. The molecule has 1 saturated heterocycles. The van der Waals surface area contributed by atoms with Gasteiger partial charge in [0.05, 0.1) is 6.61 Å². The van der Waals surface area contributed by atoms with Crippen LogP contribution < -0.4 is 4.74 Å². The van der Waals surface area contributed by atoms with Gasteiger partial charge in [-0.15, -0.1) is 0 Å². The highest BCUT2D eigenvalue weighted by Gasteiger charge is 2.10. The normalized spacial score (nSPS) is 16.4. The summed E-state index contributed by atoms with van der Waals surface area (Å²) in [6.07, 6.45) is 9.53. The number of likely N-dealkylation sites (tertiary alicyclic amines) is 1. The lowest BCUT2D eigenvalue weighted by molar-refractivity contribution is 0.263. The molecule has 1 fully saturated rings. The number of hydrogen-bond acceptors (Lipinski definition) is 3. The molecule has 0 aromatic carbocycles. The van der Waals surface area contributed by atoms with Crippen molar-refractivity contribution in [1.82, 2.24) is 14.3 Å². The Morgan fingerprint density at radius 3 is 3.00 bits per heavy atom. The minimum Gasteiger partial charge on any atom is -0.493 e. The van der Waals surface area contributed by atoms with Crippen LogP contribution in [-0.4, -0.2) is 40.5 Å². The highest BCUT2D eigenvalue weighted by Crippen LogP contribution is 2.14. The first kappa shape index (κ1) is 11.5. The van der Waals surface area contributed by atoms with Gasteiger partial charge in [-0.1, -0.05) is 0 Å². The van der Waals surface area contributed by atoms with Crippen LogP contribution in [0.3, 0.4) is 0 Å². The van der Waals surface area contributed by atoms with E-state index < -0.39 is 0 Å². The fourth-order valence-corrected chi connectivity index (χ4v) is 2.47. The third kappa shape index (κ3) is 2.64. The van der Waals surface area contributed by atoms with Gasteiger partial charge in [0.15, 0.2) is 0 Å². The third-order valence-corrected chi connectivity index (χ3v) is 3.46. The van der Waals surface area contributed by atoms with E-state index in [-0.39, 0.29) is 0 Å². The molecule has 4 nitrogen and oxygen atoms in total. The second-order valence-corrected chi connectivity index (χ2v) is 4.81. The van der Waals surface area contributed by atoms with Crippen LogP contribution in [0.1, 0.15) is 19.3 Å². The van der Waals surface area contributed by atoms with Gasteiger partial charge in [0.1, 0.15) is 11.4 Å². The zero-order chi connectivity index (χ0) is 12.2. The summed E-state index contributed by atoms with van der Waals surface area (Å²) < 4.78 is 7.75. The first-order valence-electron chi connectivity index (χ1n) is 6.70. The molecule has 0 N–H and O–H groups in total. The minimum absolute atomic E-state index is 0.785. The molecule has 0 unspecified atom stereocenters. The van der Waals surface area contributed by atoms with Gasteiger partial charge in [0.25, 0.3) is 0 Å². The van der Waals surface area contributed by atoms with Crippen LogP contribution in [0.4, 0.5) is 0 Å². The molecule has 96 valence electrons. The van der Waals surface area contributed by atoms with Gasteiger partial charge in [-0.3, -0.25) is 0 Å². The van der Waals surface area contributed by atoms with Crippen molar-refractivity contribution in [2.45, 2.75) is 19.3 Å². The fraction of sp³-hybridized carbons (Fsp3) is 0.500. The molecule has 0 amide bonds. The smallest absolute Gasteiger partial charge is 0.140 e. The third-order valence-electron chi connectivity index (χ3n) is 3.46. The van der Waals surface area contributed by atoms with Crippen molar-refractivity contribution in [1.29, 1.82) is 0 Å². The average molecular weight is 245 g/mol. The van der Waals surface area contributed by atoms with E-state index >= 15 is 0 Å². The maximum atomic E-state index is 5.76. The van der Waals surface area contributed by atoms with E-state index in [9.17, 15) is 0 Å². The van der Waals surface area contributed by atoms with E-state index in [1.807, 2.05) is 28.9 Å². The van der Waals surface area contributed by atoms with Gasteiger partial charge in [-0.25, -0.2) is 4.98 Å². The quantitative estimate of drug-likeness (QED) is 0.756. The minimum atomic E-state index is 0.785. The molecule has 0 radical (unpaired) electrons. The van der Waals surface area contributed by atoms with E-state index in [0.717, 1.165) is 31.0 Å². The highest BCUT2D eigenvalue weighted by molar-refractivity contribution is 5.43. The molecule has 0 spiro atoms. The molecule has 2 aromatic heterocycles. The zero-order valence-electron chi connectivity index (χ0n) is 10.6. The summed E-state index contributed by atoms with van der Waals surface area (Å²) in [5.41, 5.74) is 0.937. The molecule has 0 bridgehead atoms. The first-order chi connectivity index (χ1) is 8.92. The van der Waals surface area contributed by atoms with Crippen LogP contribution in [0.5, 0.6) is 5.75 Å². The van der Waals surface area contributed by atoms with Gasteiger partial charge >= 0.3 is 0 Å². The van der Waals surface area contributed by atoms with Crippen molar-refractivity contribution in [2.24, 2.45) is 0 Å². The number of fused-ring (bicyclic) bond motifs is 1. The van der Waals surface area contributed by atoms with Crippen LogP contribution in [0.15, 0.2) is 30.7 Å². The van der Waals surface area contributed by atoms with Crippen LogP contribution in [0.25, 0.3) is 5.65 Å². The van der Waals surface area contributed by atoms with Crippen molar-refractivity contribution >= 4 is 5.65 Å². The Kier molecular flexibility index (Phi) is 3.46. The molecule has 18 heavy (non-hydrogen) atoms. The Balaban J connectivity index is 1.47. The largest absolute Gasteiger partial charge is 0.493 e. The molecule has 4 heteroatoms. The Labute approximate surface area is 107 Å². The standard InChI is InChI=1S/C14H19N3O/c1-2-7-16(6-1)8-3-11-18-13-4-9-17-10-5-15-14(17)12-13/h4-5,9-10,12H,1-3,6-8,11H2. The maximum absolute atomic E-state index is 5.76. The monoisotopic (exact) mass is 245 g/mol. The Morgan fingerprint density at radius 2 is 2.11 bits per heavy atom. The molecular weight excluding hydrogens is 226 g/mol. The Bertz CT molecular complexity index is 502. The summed E-state index contributed by atoms with van der Waals surface area (Å²) in [6, 6.07) is 3.97. The lowest BCUT2D eigenvalue weighted by atomic mass is 10.4. The molecule has 0 aliphatic carbocycles. The van der Waals surface area contributed by atoms with E-state index in [1.165, 1.54) is 25.9 Å². The highest BCUT2D eigenvalue weighted by atomic mass is 16.5. The molecule has 1 aliphatic rings. The number of imidazole rings is 1. The molecular formula is C14H19N3O. The van der Waals surface area contributed by atoms with Gasteiger partial charge in [0, 0.05) is 31.2 Å². The lowest BCUT2D eigenvalue weighted by Crippen LogP contribution is -2.21. The summed E-state index contributed by atoms with van der Waals surface area (Å²) in [4.78, 5) is 6.76. The number of nitrogens with zero attached hydrogens (tertiary/aromatic N) is 3. The van der Waals surface area contributed by atoms with Crippen LogP contribution >= 0.6 is 0 Å². The SMILES string of the molecule is c1cn2ccc(OCCCN3CCCC3)cc2n1. The average Bonchev–Trinajstić information content (AvgIpc) is 3.05. The van der Waals surface area contributed by atoms with Gasteiger partial charge in [-0.05, 0) is 38.4 Å². The summed E-state index contributed by atoms with van der Waals surface area (Å²) >= 11 is 0. The van der Waals surface area contributed by atoms with Crippen molar-refractivity contribution in [3.8, 4) is 5.75 Å². The van der Waals surface area contributed by atoms with Gasteiger partial charge < -0.3 is 14.0 Å². The van der Waals surface area contributed by atoms with Crippen LogP contribution in [0, 0.1) is 0 Å². The summed E-state index contributed by atoms with van der Waals surface area (Å²) in [5.74, 6) is 0.912. The topological polar surface area (TPSA) is 29.8 Å². The number of rotatable bonds is 5. The van der Waals surface area contributed by atoms with E-state index in [1.54, 1.807) is 6.20 Å². The Hall–Kier alpha value is -1.55. The number of pyridine rings is 1. The fourth-order valence-electron chi connectivity index (χ4n) is 2.47. The van der Waals surface area contributed by atoms with Crippen LogP contribution in [0.2, 0.25) is 0 Å². The van der Waals surface area contributed by atoms with Crippen molar-refractivity contribution in [2.75, 3.05) is 26.2 Å². The van der Waals surface area contributed by atoms with Crippen molar-refractivity contribution in [3.63, 3.8) is 0 Å².